The van der Waals surface area contributed by atoms with E-state index in [0.29, 0.717) is 17.8 Å². The molecular formula is C17H20BrNO2. The highest BCUT2D eigenvalue weighted by atomic mass is 79.9. The monoisotopic (exact) mass is 349 g/mol. The van der Waals surface area contributed by atoms with E-state index in [1.54, 1.807) is 0 Å². The lowest BCUT2D eigenvalue weighted by molar-refractivity contribution is -0.126. The predicted octanol–water partition coefficient (Wildman–Crippen LogP) is 3.81. The van der Waals surface area contributed by atoms with Crippen LogP contribution in [0.25, 0.3) is 0 Å². The molecule has 1 aliphatic carbocycles. The molecule has 1 heterocycles. The lowest BCUT2D eigenvalue weighted by atomic mass is 9.81. The molecular weight excluding hydrogens is 330 g/mol. The highest BCUT2D eigenvalue weighted by molar-refractivity contribution is 9.10. The average Bonchev–Trinajstić information content (AvgIpc) is 2.96. The fourth-order valence-electron chi connectivity index (χ4n) is 3.67. The smallest absolute Gasteiger partial charge is 0.254 e. The Morgan fingerprint density at radius 2 is 2.05 bits per heavy atom. The normalized spacial score (nSPS) is 26.1. The van der Waals surface area contributed by atoms with Crippen molar-refractivity contribution in [3.05, 3.63) is 34.3 Å². The lowest BCUT2D eigenvalue weighted by Crippen LogP contribution is -2.43. The van der Waals surface area contributed by atoms with Crippen LogP contribution >= 0.6 is 15.9 Å². The summed E-state index contributed by atoms with van der Waals surface area (Å²) in [5, 5.41) is 0. The van der Waals surface area contributed by atoms with E-state index in [9.17, 15) is 9.59 Å². The fraction of sp³-hybridized carbons (Fsp3) is 0.529. The van der Waals surface area contributed by atoms with E-state index in [4.69, 9.17) is 0 Å². The lowest BCUT2D eigenvalue weighted by Gasteiger charge is -2.33. The van der Waals surface area contributed by atoms with Crippen molar-refractivity contribution in [3.63, 3.8) is 0 Å². The zero-order valence-corrected chi connectivity index (χ0v) is 13.6. The molecule has 1 aromatic rings. The largest absolute Gasteiger partial charge is 0.335 e. The molecule has 0 unspecified atom stereocenters. The maximum Gasteiger partial charge on any atom is 0.254 e. The molecule has 1 aromatic carbocycles. The van der Waals surface area contributed by atoms with Crippen LogP contribution in [-0.4, -0.2) is 29.2 Å². The number of benzene rings is 1. The van der Waals surface area contributed by atoms with E-state index in [2.05, 4.69) is 15.9 Å². The second kappa shape index (κ2) is 6.30. The summed E-state index contributed by atoms with van der Waals surface area (Å²) in [6.45, 7) is 0.778. The summed E-state index contributed by atoms with van der Waals surface area (Å²) in [4.78, 5) is 26.9. The van der Waals surface area contributed by atoms with Crippen LogP contribution in [-0.2, 0) is 4.79 Å². The van der Waals surface area contributed by atoms with Gasteiger partial charge in [0.05, 0.1) is 0 Å². The Hall–Kier alpha value is -1.16. The second-order valence-electron chi connectivity index (χ2n) is 6.04. The van der Waals surface area contributed by atoms with Gasteiger partial charge in [-0.3, -0.25) is 9.59 Å². The van der Waals surface area contributed by atoms with Crippen LogP contribution in [0.15, 0.2) is 28.7 Å². The number of carbonyl (C=O) groups is 2. The van der Waals surface area contributed by atoms with E-state index >= 15 is 0 Å². The zero-order valence-electron chi connectivity index (χ0n) is 12.1. The number of ketones is 1. The highest BCUT2D eigenvalue weighted by Gasteiger charge is 2.39. The van der Waals surface area contributed by atoms with Crippen molar-refractivity contribution in [1.29, 1.82) is 0 Å². The van der Waals surface area contributed by atoms with Gasteiger partial charge >= 0.3 is 0 Å². The molecule has 21 heavy (non-hydrogen) atoms. The predicted molar refractivity (Wildman–Crippen MR) is 85.2 cm³/mol. The molecule has 0 bridgehead atoms. The van der Waals surface area contributed by atoms with Gasteiger partial charge in [-0.05, 0) is 43.9 Å². The van der Waals surface area contributed by atoms with Crippen LogP contribution in [0.3, 0.4) is 0 Å². The average molecular weight is 350 g/mol. The van der Waals surface area contributed by atoms with Crippen molar-refractivity contribution in [2.24, 2.45) is 5.92 Å². The Labute approximate surface area is 133 Å². The molecule has 1 saturated heterocycles. The number of Topliss-reactive ketones (excluding diaryl/α,β-unsaturated/α-hetero) is 1. The van der Waals surface area contributed by atoms with Gasteiger partial charge in [0.25, 0.3) is 5.91 Å². The summed E-state index contributed by atoms with van der Waals surface area (Å²) < 4.78 is 0.915. The number of rotatable bonds is 2. The Balaban J connectivity index is 1.80. The van der Waals surface area contributed by atoms with Crippen molar-refractivity contribution >= 4 is 27.6 Å². The van der Waals surface area contributed by atoms with Gasteiger partial charge in [0.15, 0.2) is 0 Å². The molecule has 2 fully saturated rings. The van der Waals surface area contributed by atoms with Gasteiger partial charge in [-0.1, -0.05) is 28.4 Å². The van der Waals surface area contributed by atoms with Crippen molar-refractivity contribution in [2.75, 3.05) is 6.54 Å². The Morgan fingerprint density at radius 3 is 2.81 bits per heavy atom. The Kier molecular flexibility index (Phi) is 4.43. The first kappa shape index (κ1) is 14.8. The number of halogens is 1. The minimum atomic E-state index is 0.0668. The van der Waals surface area contributed by atoms with Crippen molar-refractivity contribution in [3.8, 4) is 0 Å². The van der Waals surface area contributed by atoms with E-state index in [1.165, 1.54) is 0 Å². The standard InChI is InChI=1S/C17H20BrNO2/c18-13-6-3-5-12(11-13)17(21)19-10-4-8-15(19)14-7-1-2-9-16(14)20/h3,5-6,11,14-15H,1-2,4,7-10H2/t14-,15+/m0/s1. The third-order valence-electron chi connectivity index (χ3n) is 4.70. The molecule has 0 aromatic heterocycles. The summed E-state index contributed by atoms with van der Waals surface area (Å²) in [5.41, 5.74) is 0.708. The second-order valence-corrected chi connectivity index (χ2v) is 6.95. The maximum atomic E-state index is 12.8. The number of hydrogen-bond donors (Lipinski definition) is 0. The van der Waals surface area contributed by atoms with Crippen molar-refractivity contribution in [1.82, 2.24) is 4.90 Å². The summed E-state index contributed by atoms with van der Waals surface area (Å²) in [5.74, 6) is 0.495. The van der Waals surface area contributed by atoms with E-state index in [1.807, 2.05) is 29.2 Å². The SMILES string of the molecule is O=C1CCCC[C@H]1[C@H]1CCCN1C(=O)c1cccc(Br)c1. The molecule has 3 rings (SSSR count). The molecule has 112 valence electrons. The first-order valence-electron chi connectivity index (χ1n) is 7.76. The zero-order chi connectivity index (χ0) is 14.8. The van der Waals surface area contributed by atoms with Crippen LogP contribution in [0.4, 0.5) is 0 Å². The summed E-state index contributed by atoms with van der Waals surface area (Å²) >= 11 is 3.42. The summed E-state index contributed by atoms with van der Waals surface area (Å²) in [6, 6.07) is 7.63. The quantitative estimate of drug-likeness (QED) is 0.813. The number of hydrogen-bond acceptors (Lipinski definition) is 2. The Morgan fingerprint density at radius 1 is 1.19 bits per heavy atom. The van der Waals surface area contributed by atoms with Gasteiger partial charge in [0.2, 0.25) is 0 Å². The van der Waals surface area contributed by atoms with E-state index < -0.39 is 0 Å². The van der Waals surface area contributed by atoms with Crippen LogP contribution in [0, 0.1) is 5.92 Å². The molecule has 0 radical (unpaired) electrons. The molecule has 3 nitrogen and oxygen atoms in total. The van der Waals surface area contributed by atoms with Gasteiger partial charge < -0.3 is 4.90 Å². The minimum Gasteiger partial charge on any atom is -0.335 e. The maximum absolute atomic E-state index is 12.8. The molecule has 1 amide bonds. The molecule has 4 heteroatoms. The van der Waals surface area contributed by atoms with Gasteiger partial charge in [-0.25, -0.2) is 0 Å². The van der Waals surface area contributed by atoms with Crippen LogP contribution in [0.2, 0.25) is 0 Å². The van der Waals surface area contributed by atoms with Crippen molar-refractivity contribution < 1.29 is 9.59 Å². The molecule has 0 spiro atoms. The van der Waals surface area contributed by atoms with Crippen LogP contribution < -0.4 is 0 Å². The number of likely N-dealkylation sites (tertiary alicyclic amines) is 1. The van der Waals surface area contributed by atoms with Gasteiger partial charge in [0, 0.05) is 35.0 Å². The number of carbonyl (C=O) groups excluding carboxylic acids is 2. The highest BCUT2D eigenvalue weighted by Crippen LogP contribution is 2.33. The summed E-state index contributed by atoms with van der Waals surface area (Å²) in [6.07, 6.45) is 5.75. The first-order chi connectivity index (χ1) is 10.2. The van der Waals surface area contributed by atoms with Gasteiger partial charge in [0.1, 0.15) is 5.78 Å². The third-order valence-corrected chi connectivity index (χ3v) is 5.19. The molecule has 2 aliphatic rings. The molecule has 2 atom stereocenters. The fourth-order valence-corrected chi connectivity index (χ4v) is 4.07. The van der Waals surface area contributed by atoms with Crippen LogP contribution in [0.5, 0.6) is 0 Å². The molecule has 1 saturated carbocycles. The first-order valence-corrected chi connectivity index (χ1v) is 8.55. The molecule has 0 N–H and O–H groups in total. The van der Waals surface area contributed by atoms with E-state index in [0.717, 1.165) is 43.1 Å². The minimum absolute atomic E-state index is 0.0668. The van der Waals surface area contributed by atoms with Crippen LogP contribution in [0.1, 0.15) is 48.9 Å². The summed E-state index contributed by atoms with van der Waals surface area (Å²) in [7, 11) is 0. The number of amides is 1. The molecule has 1 aliphatic heterocycles. The van der Waals surface area contributed by atoms with E-state index in [-0.39, 0.29) is 17.9 Å². The third kappa shape index (κ3) is 3.05. The van der Waals surface area contributed by atoms with Gasteiger partial charge in [-0.2, -0.15) is 0 Å². The Bertz CT molecular complexity index is 557. The topological polar surface area (TPSA) is 37.4 Å². The van der Waals surface area contributed by atoms with Crippen molar-refractivity contribution in [2.45, 2.75) is 44.6 Å². The van der Waals surface area contributed by atoms with Gasteiger partial charge in [-0.15, -0.1) is 0 Å². The number of nitrogens with zero attached hydrogens (tertiary/aromatic N) is 1.